The summed E-state index contributed by atoms with van der Waals surface area (Å²) in [6.45, 7) is -2.73. The van der Waals surface area contributed by atoms with Crippen LogP contribution in [-0.2, 0) is 0 Å². The number of hydrogen-bond acceptors (Lipinski definition) is 3. The van der Waals surface area contributed by atoms with Gasteiger partial charge in [-0.2, -0.15) is 13.9 Å². The Hall–Kier alpha value is -1.30. The zero-order valence-corrected chi connectivity index (χ0v) is 9.13. The Balaban J connectivity index is 2.92. The average Bonchev–Trinajstić information content (AvgIpc) is 2.18. The SMILES string of the molecule is N=C/C(=N\NC(F)F)c1cccc(Br)c1. The molecule has 0 aliphatic rings. The molecule has 0 spiro atoms. The fraction of sp³-hybridized carbons (Fsp3) is 0.111. The normalized spacial score (nSPS) is 11.6. The van der Waals surface area contributed by atoms with Gasteiger partial charge in [-0.15, -0.1) is 0 Å². The zero-order valence-electron chi connectivity index (χ0n) is 7.55. The Morgan fingerprint density at radius 2 is 2.27 bits per heavy atom. The molecule has 0 saturated carbocycles. The van der Waals surface area contributed by atoms with E-state index in [9.17, 15) is 8.78 Å². The highest BCUT2D eigenvalue weighted by Crippen LogP contribution is 2.11. The summed E-state index contributed by atoms with van der Waals surface area (Å²) in [6, 6.07) is 6.91. The molecule has 0 aliphatic carbocycles. The molecule has 80 valence electrons. The maximum Gasteiger partial charge on any atom is 0.327 e. The number of nitrogens with zero attached hydrogens (tertiary/aromatic N) is 1. The minimum atomic E-state index is -2.73. The molecule has 1 rings (SSSR count). The van der Waals surface area contributed by atoms with Crippen LogP contribution in [0.1, 0.15) is 5.56 Å². The van der Waals surface area contributed by atoms with Crippen LogP contribution < -0.4 is 5.43 Å². The average molecular weight is 276 g/mol. The first-order valence-electron chi connectivity index (χ1n) is 4.01. The smallest absolute Gasteiger partial charge is 0.306 e. The predicted molar refractivity (Wildman–Crippen MR) is 58.6 cm³/mol. The topological polar surface area (TPSA) is 48.2 Å². The van der Waals surface area contributed by atoms with Crippen LogP contribution in [0.25, 0.3) is 0 Å². The van der Waals surface area contributed by atoms with E-state index in [4.69, 9.17) is 5.41 Å². The van der Waals surface area contributed by atoms with Gasteiger partial charge in [0.05, 0.1) is 0 Å². The van der Waals surface area contributed by atoms with Crippen molar-refractivity contribution >= 4 is 27.9 Å². The van der Waals surface area contributed by atoms with E-state index in [2.05, 4.69) is 21.0 Å². The number of halogens is 3. The molecule has 0 saturated heterocycles. The first-order valence-corrected chi connectivity index (χ1v) is 4.80. The van der Waals surface area contributed by atoms with Crippen molar-refractivity contribution in [3.8, 4) is 0 Å². The van der Waals surface area contributed by atoms with Gasteiger partial charge < -0.3 is 5.41 Å². The summed E-state index contributed by atoms with van der Waals surface area (Å²) in [5.74, 6) is 0. The largest absolute Gasteiger partial charge is 0.327 e. The molecule has 0 amide bonds. The third kappa shape index (κ3) is 3.75. The summed E-state index contributed by atoms with van der Waals surface area (Å²) in [7, 11) is 0. The number of benzene rings is 1. The van der Waals surface area contributed by atoms with Gasteiger partial charge in [-0.05, 0) is 12.1 Å². The molecule has 0 fully saturated rings. The minimum Gasteiger partial charge on any atom is -0.306 e. The monoisotopic (exact) mass is 275 g/mol. The highest BCUT2D eigenvalue weighted by molar-refractivity contribution is 9.10. The molecule has 0 aromatic heterocycles. The second-order valence-corrected chi connectivity index (χ2v) is 3.50. The highest BCUT2D eigenvalue weighted by Gasteiger charge is 2.03. The number of nitrogens with one attached hydrogen (secondary N) is 2. The number of hydrazone groups is 1. The zero-order chi connectivity index (χ0) is 11.3. The van der Waals surface area contributed by atoms with Crippen LogP contribution in [0.15, 0.2) is 33.8 Å². The van der Waals surface area contributed by atoms with E-state index in [0.717, 1.165) is 10.7 Å². The van der Waals surface area contributed by atoms with Crippen LogP contribution >= 0.6 is 15.9 Å². The number of hydrogen-bond donors (Lipinski definition) is 2. The van der Waals surface area contributed by atoms with E-state index in [1.54, 1.807) is 29.7 Å². The van der Waals surface area contributed by atoms with Gasteiger partial charge in [-0.25, -0.2) is 0 Å². The van der Waals surface area contributed by atoms with E-state index in [-0.39, 0.29) is 5.71 Å². The van der Waals surface area contributed by atoms with E-state index in [1.165, 1.54) is 0 Å². The summed E-state index contributed by atoms with van der Waals surface area (Å²) < 4.78 is 24.4. The molecule has 0 heterocycles. The van der Waals surface area contributed by atoms with E-state index in [0.29, 0.717) is 5.56 Å². The molecule has 0 unspecified atom stereocenters. The lowest BCUT2D eigenvalue weighted by Crippen LogP contribution is -2.17. The van der Waals surface area contributed by atoms with Crippen LogP contribution in [0.3, 0.4) is 0 Å². The molecule has 0 radical (unpaired) electrons. The lowest BCUT2D eigenvalue weighted by molar-refractivity contribution is 0.110. The van der Waals surface area contributed by atoms with Gasteiger partial charge in [-0.3, -0.25) is 5.43 Å². The maximum absolute atomic E-state index is 11.8. The van der Waals surface area contributed by atoms with Crippen molar-refractivity contribution in [2.24, 2.45) is 5.10 Å². The van der Waals surface area contributed by atoms with E-state index < -0.39 is 6.55 Å². The molecule has 1 aromatic carbocycles. The summed E-state index contributed by atoms with van der Waals surface area (Å²) in [6.07, 6.45) is 0.914. The van der Waals surface area contributed by atoms with Gasteiger partial charge in [-0.1, -0.05) is 28.1 Å². The Kier molecular flexibility index (Phi) is 4.36. The van der Waals surface area contributed by atoms with Crippen molar-refractivity contribution in [1.82, 2.24) is 5.43 Å². The quantitative estimate of drug-likeness (QED) is 0.495. The second-order valence-electron chi connectivity index (χ2n) is 2.58. The molecule has 0 aliphatic heterocycles. The van der Waals surface area contributed by atoms with Gasteiger partial charge in [0.25, 0.3) is 0 Å². The van der Waals surface area contributed by atoms with Crippen LogP contribution in [0.5, 0.6) is 0 Å². The van der Waals surface area contributed by atoms with Gasteiger partial charge in [0.1, 0.15) is 5.71 Å². The summed E-state index contributed by atoms with van der Waals surface area (Å²) in [5, 5.41) is 10.5. The Bertz CT molecular complexity index is 379. The molecule has 1 aromatic rings. The van der Waals surface area contributed by atoms with Crippen molar-refractivity contribution in [3.05, 3.63) is 34.3 Å². The van der Waals surface area contributed by atoms with Crippen LogP contribution in [0.2, 0.25) is 0 Å². The summed E-state index contributed by atoms with van der Waals surface area (Å²) in [4.78, 5) is 0. The number of alkyl halides is 2. The van der Waals surface area contributed by atoms with Crippen LogP contribution in [0.4, 0.5) is 8.78 Å². The summed E-state index contributed by atoms with van der Waals surface area (Å²) >= 11 is 3.24. The number of rotatable bonds is 4. The molecule has 2 N–H and O–H groups in total. The molecule has 0 atom stereocenters. The summed E-state index contributed by atoms with van der Waals surface area (Å²) in [5.41, 5.74) is 2.34. The van der Waals surface area contributed by atoms with Crippen molar-refractivity contribution in [2.45, 2.75) is 6.55 Å². The van der Waals surface area contributed by atoms with Crippen molar-refractivity contribution in [1.29, 1.82) is 5.41 Å². The van der Waals surface area contributed by atoms with Gasteiger partial charge in [0.2, 0.25) is 0 Å². The van der Waals surface area contributed by atoms with Crippen molar-refractivity contribution < 1.29 is 8.78 Å². The lowest BCUT2D eigenvalue weighted by Gasteiger charge is -2.02. The fourth-order valence-electron chi connectivity index (χ4n) is 0.946. The predicted octanol–water partition coefficient (Wildman–Crippen LogP) is 2.61. The molecule has 0 bridgehead atoms. The first kappa shape index (κ1) is 11.8. The highest BCUT2D eigenvalue weighted by atomic mass is 79.9. The van der Waals surface area contributed by atoms with Gasteiger partial charge >= 0.3 is 6.55 Å². The third-order valence-electron chi connectivity index (χ3n) is 1.54. The van der Waals surface area contributed by atoms with Gasteiger partial charge in [0.15, 0.2) is 0 Å². The van der Waals surface area contributed by atoms with E-state index >= 15 is 0 Å². The molecule has 3 nitrogen and oxygen atoms in total. The van der Waals surface area contributed by atoms with Crippen molar-refractivity contribution in [3.63, 3.8) is 0 Å². The molecular formula is C9H8BrF2N3. The van der Waals surface area contributed by atoms with Crippen molar-refractivity contribution in [2.75, 3.05) is 0 Å². The van der Waals surface area contributed by atoms with Crippen LogP contribution in [-0.4, -0.2) is 18.5 Å². The Labute approximate surface area is 93.8 Å². The Morgan fingerprint density at radius 3 is 2.80 bits per heavy atom. The van der Waals surface area contributed by atoms with Crippen LogP contribution in [0, 0.1) is 5.41 Å². The molecule has 15 heavy (non-hydrogen) atoms. The lowest BCUT2D eigenvalue weighted by atomic mass is 10.1. The molecule has 6 heteroatoms. The standard InChI is InChI=1S/C9H8BrF2N3/c10-7-3-1-2-6(4-7)8(5-13)14-15-9(11)12/h1-5,9,13,15H/b13-5?,14-8+. The van der Waals surface area contributed by atoms with Gasteiger partial charge in [0, 0.05) is 16.3 Å². The minimum absolute atomic E-state index is 0.150. The first-order chi connectivity index (χ1) is 7.13. The van der Waals surface area contributed by atoms with E-state index in [1.807, 2.05) is 0 Å². The Morgan fingerprint density at radius 1 is 1.53 bits per heavy atom. The second kappa shape index (κ2) is 5.55. The molecular weight excluding hydrogens is 268 g/mol. The maximum atomic E-state index is 11.8. The third-order valence-corrected chi connectivity index (χ3v) is 2.03. The fourth-order valence-corrected chi connectivity index (χ4v) is 1.35.